The Kier molecular flexibility index (Phi) is 25.3. The van der Waals surface area contributed by atoms with Gasteiger partial charge in [-0.2, -0.15) is 0 Å². The van der Waals surface area contributed by atoms with Crippen molar-refractivity contribution in [1.82, 2.24) is 4.90 Å². The van der Waals surface area contributed by atoms with Gasteiger partial charge in [-0.15, -0.1) is 0 Å². The first-order valence-corrected chi connectivity index (χ1v) is 15.3. The highest BCUT2D eigenvalue weighted by Crippen LogP contribution is 2.18. The standard InChI is InChI=1S/C30H59NO6/c1-6-11-14-18-23-31(30(33)37-26-29(34-9-4)35-10-5)24-19-17-22-28(32)36-25-27(20-15-12-7-2)21-16-13-8-3/h27,29H,6-26H2,1-5H3. The molecule has 0 aromatic carbocycles. The van der Waals surface area contributed by atoms with Gasteiger partial charge < -0.3 is 23.8 Å². The molecule has 0 spiro atoms. The van der Waals surface area contributed by atoms with Gasteiger partial charge in [-0.1, -0.05) is 78.6 Å². The first-order valence-electron chi connectivity index (χ1n) is 15.3. The molecule has 0 saturated heterocycles. The van der Waals surface area contributed by atoms with Crippen molar-refractivity contribution in [1.29, 1.82) is 0 Å². The predicted molar refractivity (Wildman–Crippen MR) is 151 cm³/mol. The smallest absolute Gasteiger partial charge is 0.409 e. The third-order valence-electron chi connectivity index (χ3n) is 6.56. The molecule has 7 heteroatoms. The van der Waals surface area contributed by atoms with Crippen LogP contribution in [0, 0.1) is 5.92 Å². The van der Waals surface area contributed by atoms with E-state index >= 15 is 0 Å². The van der Waals surface area contributed by atoms with Crippen LogP contribution in [0.4, 0.5) is 4.79 Å². The third-order valence-corrected chi connectivity index (χ3v) is 6.56. The molecule has 0 bridgehead atoms. The number of ether oxygens (including phenoxy) is 4. The number of amides is 1. The Bertz CT molecular complexity index is 514. The maximum atomic E-state index is 12.7. The van der Waals surface area contributed by atoms with Crippen LogP contribution in [-0.4, -0.2) is 62.8 Å². The summed E-state index contributed by atoms with van der Waals surface area (Å²) in [4.78, 5) is 26.9. The van der Waals surface area contributed by atoms with Gasteiger partial charge in [0.05, 0.1) is 6.61 Å². The zero-order valence-corrected chi connectivity index (χ0v) is 24.9. The molecule has 0 rings (SSSR count). The fourth-order valence-corrected chi connectivity index (χ4v) is 4.30. The second-order valence-electron chi connectivity index (χ2n) is 9.96. The SMILES string of the molecule is CCCCCCN(CCCCC(=O)OCC(CCCCC)CCCCC)C(=O)OCC(OCC)OCC. The molecular formula is C30H59NO6. The lowest BCUT2D eigenvalue weighted by Gasteiger charge is -2.24. The lowest BCUT2D eigenvalue weighted by atomic mass is 9.96. The molecule has 0 aliphatic rings. The van der Waals surface area contributed by atoms with Crippen LogP contribution in [0.2, 0.25) is 0 Å². The molecule has 0 radical (unpaired) electrons. The number of carbonyl (C=O) groups is 2. The topological polar surface area (TPSA) is 74.3 Å². The molecule has 7 nitrogen and oxygen atoms in total. The van der Waals surface area contributed by atoms with Crippen LogP contribution >= 0.6 is 0 Å². The third kappa shape index (κ3) is 21.3. The number of nitrogens with zero attached hydrogens (tertiary/aromatic N) is 1. The van der Waals surface area contributed by atoms with E-state index in [0.29, 0.717) is 51.7 Å². The molecule has 0 fully saturated rings. The summed E-state index contributed by atoms with van der Waals surface area (Å²) < 4.78 is 22.1. The van der Waals surface area contributed by atoms with Crippen LogP contribution in [0.1, 0.15) is 131 Å². The van der Waals surface area contributed by atoms with Crippen LogP contribution in [0.25, 0.3) is 0 Å². The lowest BCUT2D eigenvalue weighted by Crippen LogP contribution is -2.36. The molecule has 0 atom stereocenters. The fourth-order valence-electron chi connectivity index (χ4n) is 4.30. The molecule has 0 aliphatic carbocycles. The van der Waals surface area contributed by atoms with Gasteiger partial charge in [-0.3, -0.25) is 4.79 Å². The Morgan fingerprint density at radius 3 is 1.70 bits per heavy atom. The van der Waals surface area contributed by atoms with E-state index in [9.17, 15) is 9.59 Å². The summed E-state index contributed by atoms with van der Waals surface area (Å²) >= 11 is 0. The summed E-state index contributed by atoms with van der Waals surface area (Å²) in [6.07, 6.45) is 14.9. The van der Waals surface area contributed by atoms with Gasteiger partial charge in [-0.25, -0.2) is 4.79 Å². The number of esters is 1. The summed E-state index contributed by atoms with van der Waals surface area (Å²) in [6.45, 7) is 13.2. The van der Waals surface area contributed by atoms with E-state index < -0.39 is 6.29 Å². The van der Waals surface area contributed by atoms with Crippen LogP contribution < -0.4 is 0 Å². The fraction of sp³-hybridized carbons (Fsp3) is 0.933. The van der Waals surface area contributed by atoms with E-state index in [1.54, 1.807) is 4.90 Å². The van der Waals surface area contributed by atoms with Gasteiger partial charge in [0, 0.05) is 32.7 Å². The van der Waals surface area contributed by atoms with Gasteiger partial charge in [0.15, 0.2) is 6.29 Å². The zero-order valence-electron chi connectivity index (χ0n) is 24.9. The Morgan fingerprint density at radius 1 is 0.622 bits per heavy atom. The largest absolute Gasteiger partial charge is 0.465 e. The minimum atomic E-state index is -0.538. The summed E-state index contributed by atoms with van der Waals surface area (Å²) in [6, 6.07) is 0. The monoisotopic (exact) mass is 529 g/mol. The van der Waals surface area contributed by atoms with Crippen molar-refractivity contribution < 1.29 is 28.5 Å². The molecule has 0 unspecified atom stereocenters. The van der Waals surface area contributed by atoms with Crippen molar-refractivity contribution in [2.24, 2.45) is 5.92 Å². The first-order chi connectivity index (χ1) is 18.0. The minimum Gasteiger partial charge on any atom is -0.465 e. The highest BCUT2D eigenvalue weighted by molar-refractivity contribution is 5.69. The van der Waals surface area contributed by atoms with Crippen LogP contribution in [-0.2, 0) is 23.7 Å². The van der Waals surface area contributed by atoms with Crippen LogP contribution in [0.5, 0.6) is 0 Å². The molecule has 220 valence electrons. The van der Waals surface area contributed by atoms with Crippen molar-refractivity contribution in [3.05, 3.63) is 0 Å². The molecule has 1 amide bonds. The van der Waals surface area contributed by atoms with Crippen molar-refractivity contribution in [3.63, 3.8) is 0 Å². The van der Waals surface area contributed by atoms with E-state index in [1.165, 1.54) is 38.5 Å². The molecule has 0 aliphatic heterocycles. The van der Waals surface area contributed by atoms with Crippen molar-refractivity contribution in [2.45, 2.75) is 137 Å². The van der Waals surface area contributed by atoms with Gasteiger partial charge in [-0.05, 0) is 51.9 Å². The van der Waals surface area contributed by atoms with Crippen LogP contribution in [0.15, 0.2) is 0 Å². The Labute approximate surface area is 228 Å². The number of rotatable bonds is 26. The summed E-state index contributed by atoms with van der Waals surface area (Å²) in [5.74, 6) is 0.358. The molecule has 0 heterocycles. The van der Waals surface area contributed by atoms with E-state index in [4.69, 9.17) is 18.9 Å². The summed E-state index contributed by atoms with van der Waals surface area (Å²) in [7, 11) is 0. The van der Waals surface area contributed by atoms with Gasteiger partial charge in [0.25, 0.3) is 0 Å². The quantitative estimate of drug-likeness (QED) is 0.0644. The van der Waals surface area contributed by atoms with Crippen LogP contribution in [0.3, 0.4) is 0 Å². The van der Waals surface area contributed by atoms with E-state index in [2.05, 4.69) is 20.8 Å². The highest BCUT2D eigenvalue weighted by atomic mass is 16.7. The molecule has 0 saturated carbocycles. The number of unbranched alkanes of at least 4 members (excludes halogenated alkanes) is 8. The van der Waals surface area contributed by atoms with Gasteiger partial charge in [0.1, 0.15) is 6.61 Å². The number of carbonyl (C=O) groups excluding carboxylic acids is 2. The first kappa shape index (κ1) is 35.7. The van der Waals surface area contributed by atoms with E-state index in [0.717, 1.165) is 44.9 Å². The summed E-state index contributed by atoms with van der Waals surface area (Å²) in [5.41, 5.74) is 0. The average molecular weight is 530 g/mol. The molecule has 0 aromatic rings. The second-order valence-corrected chi connectivity index (χ2v) is 9.96. The van der Waals surface area contributed by atoms with E-state index in [1.807, 2.05) is 13.8 Å². The van der Waals surface area contributed by atoms with Crippen molar-refractivity contribution in [3.8, 4) is 0 Å². The average Bonchev–Trinajstić information content (AvgIpc) is 2.89. The summed E-state index contributed by atoms with van der Waals surface area (Å²) in [5, 5.41) is 0. The number of hydrogen-bond acceptors (Lipinski definition) is 6. The Hall–Kier alpha value is -1.34. The van der Waals surface area contributed by atoms with E-state index in [-0.39, 0.29) is 18.7 Å². The minimum absolute atomic E-state index is 0.0793. The molecular weight excluding hydrogens is 470 g/mol. The predicted octanol–water partition coefficient (Wildman–Crippen LogP) is 7.89. The normalized spacial score (nSPS) is 11.3. The highest BCUT2D eigenvalue weighted by Gasteiger charge is 2.18. The number of hydrogen-bond donors (Lipinski definition) is 0. The van der Waals surface area contributed by atoms with Gasteiger partial charge >= 0.3 is 12.1 Å². The van der Waals surface area contributed by atoms with Crippen molar-refractivity contribution in [2.75, 3.05) is 39.5 Å². The molecule has 0 aromatic heterocycles. The maximum absolute atomic E-state index is 12.7. The Balaban J connectivity index is 4.51. The lowest BCUT2D eigenvalue weighted by molar-refractivity contribution is -0.158. The second kappa shape index (κ2) is 26.3. The maximum Gasteiger partial charge on any atom is 0.409 e. The molecule has 37 heavy (non-hydrogen) atoms. The Morgan fingerprint density at radius 2 is 1.16 bits per heavy atom. The van der Waals surface area contributed by atoms with Crippen molar-refractivity contribution >= 4 is 12.1 Å². The van der Waals surface area contributed by atoms with Gasteiger partial charge in [0.2, 0.25) is 0 Å². The zero-order chi connectivity index (χ0) is 27.6. The molecule has 0 N–H and O–H groups in total.